The van der Waals surface area contributed by atoms with Crippen molar-refractivity contribution in [3.8, 4) is 11.5 Å². The highest BCUT2D eigenvalue weighted by atomic mass is 19.3. The fourth-order valence-corrected chi connectivity index (χ4v) is 2.19. The van der Waals surface area contributed by atoms with Crippen molar-refractivity contribution in [2.45, 2.75) is 26.5 Å². The van der Waals surface area contributed by atoms with E-state index in [0.29, 0.717) is 16.9 Å². The van der Waals surface area contributed by atoms with Crippen LogP contribution < -0.4 is 20.1 Å². The SMILES string of the molecule is COc1ccc(NC(C)C(=O)Nc2ccc(C)c(F)c2)cc1OC(F)F. The van der Waals surface area contributed by atoms with Gasteiger partial charge >= 0.3 is 6.61 Å². The fourth-order valence-electron chi connectivity index (χ4n) is 2.19. The minimum Gasteiger partial charge on any atom is -0.493 e. The Morgan fingerprint density at radius 3 is 2.38 bits per heavy atom. The first-order valence-corrected chi connectivity index (χ1v) is 7.76. The largest absolute Gasteiger partial charge is 0.493 e. The number of carbonyl (C=O) groups excluding carboxylic acids is 1. The standard InChI is InChI=1S/C18H19F3N2O3/c1-10-4-5-12(8-14(10)19)23-17(24)11(2)22-13-6-7-15(25-3)16(9-13)26-18(20)21/h4-9,11,18,22H,1-3H3,(H,23,24). The Morgan fingerprint density at radius 1 is 1.08 bits per heavy atom. The monoisotopic (exact) mass is 368 g/mol. The molecule has 26 heavy (non-hydrogen) atoms. The van der Waals surface area contributed by atoms with E-state index in [-0.39, 0.29) is 11.5 Å². The number of amides is 1. The number of ether oxygens (including phenoxy) is 2. The van der Waals surface area contributed by atoms with E-state index in [0.717, 1.165) is 0 Å². The molecule has 0 aliphatic rings. The fraction of sp³-hybridized carbons (Fsp3) is 0.278. The summed E-state index contributed by atoms with van der Waals surface area (Å²) in [6.45, 7) is 0.197. The van der Waals surface area contributed by atoms with E-state index < -0.39 is 24.4 Å². The zero-order valence-corrected chi connectivity index (χ0v) is 14.5. The second-order valence-corrected chi connectivity index (χ2v) is 5.56. The van der Waals surface area contributed by atoms with E-state index in [1.54, 1.807) is 32.0 Å². The molecule has 1 atom stereocenters. The number of halogens is 3. The van der Waals surface area contributed by atoms with E-state index in [1.807, 2.05) is 0 Å². The predicted octanol–water partition coefficient (Wildman–Crippen LogP) is 4.18. The van der Waals surface area contributed by atoms with Gasteiger partial charge in [0, 0.05) is 17.4 Å². The van der Waals surface area contributed by atoms with E-state index in [2.05, 4.69) is 15.4 Å². The average molecular weight is 368 g/mol. The maximum Gasteiger partial charge on any atom is 0.387 e. The summed E-state index contributed by atoms with van der Waals surface area (Å²) in [6.07, 6.45) is 0. The smallest absolute Gasteiger partial charge is 0.387 e. The molecular formula is C18H19F3N2O3. The molecule has 8 heteroatoms. The summed E-state index contributed by atoms with van der Waals surface area (Å²) in [4.78, 5) is 12.2. The predicted molar refractivity (Wildman–Crippen MR) is 92.5 cm³/mol. The van der Waals surface area contributed by atoms with Crippen LogP contribution >= 0.6 is 0 Å². The summed E-state index contributed by atoms with van der Waals surface area (Å²) >= 11 is 0. The third kappa shape index (κ3) is 5.05. The van der Waals surface area contributed by atoms with Crippen LogP contribution in [0.3, 0.4) is 0 Å². The zero-order chi connectivity index (χ0) is 19.3. The van der Waals surface area contributed by atoms with E-state index in [4.69, 9.17) is 4.74 Å². The van der Waals surface area contributed by atoms with Crippen LogP contribution in [0.5, 0.6) is 11.5 Å². The zero-order valence-electron chi connectivity index (χ0n) is 14.5. The highest BCUT2D eigenvalue weighted by Crippen LogP contribution is 2.31. The summed E-state index contributed by atoms with van der Waals surface area (Å²) < 4.78 is 47.8. The van der Waals surface area contributed by atoms with Gasteiger partial charge in [-0.05, 0) is 43.7 Å². The number of carbonyl (C=O) groups is 1. The van der Waals surface area contributed by atoms with E-state index in [9.17, 15) is 18.0 Å². The first kappa shape index (κ1) is 19.4. The lowest BCUT2D eigenvalue weighted by Crippen LogP contribution is -2.31. The highest BCUT2D eigenvalue weighted by Gasteiger charge is 2.16. The van der Waals surface area contributed by atoms with Gasteiger partial charge in [-0.3, -0.25) is 4.79 Å². The lowest BCUT2D eigenvalue weighted by Gasteiger charge is -2.17. The summed E-state index contributed by atoms with van der Waals surface area (Å²) in [5.41, 5.74) is 1.18. The third-order valence-corrected chi connectivity index (χ3v) is 3.60. The molecule has 2 N–H and O–H groups in total. The molecule has 0 aliphatic carbocycles. The highest BCUT2D eigenvalue weighted by molar-refractivity contribution is 5.96. The third-order valence-electron chi connectivity index (χ3n) is 3.60. The van der Waals surface area contributed by atoms with Gasteiger partial charge in [-0.15, -0.1) is 0 Å². The first-order chi connectivity index (χ1) is 12.3. The van der Waals surface area contributed by atoms with Gasteiger partial charge in [-0.25, -0.2) is 4.39 Å². The Labute approximate surface area is 149 Å². The molecule has 2 aromatic rings. The molecule has 0 heterocycles. The van der Waals surface area contributed by atoms with Crippen molar-refractivity contribution in [1.82, 2.24) is 0 Å². The number of aryl methyl sites for hydroxylation is 1. The van der Waals surface area contributed by atoms with E-state index in [1.165, 1.54) is 25.3 Å². The molecule has 0 fully saturated rings. The van der Waals surface area contributed by atoms with Gasteiger partial charge in [-0.1, -0.05) is 6.07 Å². The van der Waals surface area contributed by atoms with Gasteiger partial charge in [0.15, 0.2) is 11.5 Å². The molecule has 5 nitrogen and oxygen atoms in total. The number of nitrogens with one attached hydrogen (secondary N) is 2. The molecule has 0 saturated carbocycles. The van der Waals surface area contributed by atoms with Gasteiger partial charge in [0.25, 0.3) is 0 Å². The molecule has 0 aromatic heterocycles. The second-order valence-electron chi connectivity index (χ2n) is 5.56. The Hall–Kier alpha value is -2.90. The minimum absolute atomic E-state index is 0.142. The molecular weight excluding hydrogens is 349 g/mol. The summed E-state index contributed by atoms with van der Waals surface area (Å²) in [5.74, 6) is -0.850. The Balaban J connectivity index is 2.06. The molecule has 1 unspecified atom stereocenters. The van der Waals surface area contributed by atoms with Crippen molar-refractivity contribution < 1.29 is 27.4 Å². The lowest BCUT2D eigenvalue weighted by molar-refractivity contribution is -0.116. The topological polar surface area (TPSA) is 59.6 Å². The van der Waals surface area contributed by atoms with Crippen molar-refractivity contribution in [3.63, 3.8) is 0 Å². The van der Waals surface area contributed by atoms with Crippen LogP contribution in [0.1, 0.15) is 12.5 Å². The molecule has 0 bridgehead atoms. The number of methoxy groups -OCH3 is 1. The Bertz CT molecular complexity index is 784. The molecule has 0 saturated heterocycles. The van der Waals surface area contributed by atoms with Crippen molar-refractivity contribution >= 4 is 17.3 Å². The molecule has 0 aliphatic heterocycles. The lowest BCUT2D eigenvalue weighted by atomic mass is 10.2. The van der Waals surface area contributed by atoms with Crippen molar-refractivity contribution in [2.24, 2.45) is 0 Å². The van der Waals surface area contributed by atoms with E-state index >= 15 is 0 Å². The molecule has 0 radical (unpaired) electrons. The number of hydrogen-bond donors (Lipinski definition) is 2. The maximum atomic E-state index is 13.5. The van der Waals surface area contributed by atoms with Crippen LogP contribution in [0, 0.1) is 12.7 Å². The van der Waals surface area contributed by atoms with Crippen LogP contribution in [-0.2, 0) is 4.79 Å². The van der Waals surface area contributed by atoms with Crippen LogP contribution in [0.15, 0.2) is 36.4 Å². The normalized spacial score (nSPS) is 11.8. The maximum absolute atomic E-state index is 13.5. The second kappa shape index (κ2) is 8.46. The quantitative estimate of drug-likeness (QED) is 0.770. The summed E-state index contributed by atoms with van der Waals surface area (Å²) in [6, 6.07) is 7.97. The van der Waals surface area contributed by atoms with Gasteiger partial charge in [0.2, 0.25) is 5.91 Å². The van der Waals surface area contributed by atoms with Gasteiger partial charge < -0.3 is 20.1 Å². The minimum atomic E-state index is -3.00. The summed E-state index contributed by atoms with van der Waals surface area (Å²) in [5, 5.41) is 5.45. The van der Waals surface area contributed by atoms with Crippen LogP contribution in [0.4, 0.5) is 24.5 Å². The molecule has 140 valence electrons. The molecule has 2 aromatic carbocycles. The number of hydrogen-bond acceptors (Lipinski definition) is 4. The average Bonchev–Trinajstić information content (AvgIpc) is 2.58. The molecule has 1 amide bonds. The van der Waals surface area contributed by atoms with Crippen molar-refractivity contribution in [2.75, 3.05) is 17.7 Å². The number of anilines is 2. The van der Waals surface area contributed by atoms with Gasteiger partial charge in [0.1, 0.15) is 11.9 Å². The number of rotatable bonds is 7. The number of benzene rings is 2. The van der Waals surface area contributed by atoms with Crippen molar-refractivity contribution in [1.29, 1.82) is 0 Å². The van der Waals surface area contributed by atoms with Crippen LogP contribution in [-0.4, -0.2) is 25.7 Å². The van der Waals surface area contributed by atoms with Crippen LogP contribution in [0.25, 0.3) is 0 Å². The van der Waals surface area contributed by atoms with Crippen molar-refractivity contribution in [3.05, 3.63) is 47.8 Å². The van der Waals surface area contributed by atoms with Gasteiger partial charge in [-0.2, -0.15) is 8.78 Å². The number of alkyl halides is 2. The molecule has 0 spiro atoms. The Morgan fingerprint density at radius 2 is 1.77 bits per heavy atom. The van der Waals surface area contributed by atoms with Crippen LogP contribution in [0.2, 0.25) is 0 Å². The first-order valence-electron chi connectivity index (χ1n) is 7.76. The summed E-state index contributed by atoms with van der Waals surface area (Å²) in [7, 11) is 1.33. The van der Waals surface area contributed by atoms with Gasteiger partial charge in [0.05, 0.1) is 7.11 Å². The molecule has 2 rings (SSSR count). The Kier molecular flexibility index (Phi) is 6.32.